The highest BCUT2D eigenvalue weighted by Gasteiger charge is 2.25. The second-order valence-electron chi connectivity index (χ2n) is 8.82. The van der Waals surface area contributed by atoms with Gasteiger partial charge in [-0.05, 0) is 63.7 Å². The van der Waals surface area contributed by atoms with E-state index in [0.717, 1.165) is 65.0 Å². The summed E-state index contributed by atoms with van der Waals surface area (Å²) in [5.74, 6) is 0.335. The fourth-order valence-corrected chi connectivity index (χ4v) is 5.85. The number of fused-ring (bicyclic) bond motifs is 1. The van der Waals surface area contributed by atoms with Crippen LogP contribution in [0.5, 0.6) is 0 Å². The Bertz CT molecular complexity index is 816. The summed E-state index contributed by atoms with van der Waals surface area (Å²) in [5.41, 5.74) is 4.59. The fourth-order valence-electron chi connectivity index (χ4n) is 4.96. The number of para-hydroxylation sites is 1. The third-order valence-corrected chi connectivity index (χ3v) is 7.63. The summed E-state index contributed by atoms with van der Waals surface area (Å²) in [6.07, 6.45) is 7.49. The molecule has 1 aliphatic carbocycles. The molecule has 0 bridgehead atoms. The van der Waals surface area contributed by atoms with Gasteiger partial charge in [-0.2, -0.15) is 0 Å². The minimum Gasteiger partial charge on any atom is -0.368 e. The Morgan fingerprint density at radius 3 is 2.71 bits per heavy atom. The monoisotopic (exact) mass is 440 g/mol. The molecule has 2 aliphatic rings. The number of unbranched alkanes of at least 4 members (excludes halogenated alkanes) is 1. The van der Waals surface area contributed by atoms with E-state index in [4.69, 9.17) is 0 Å². The van der Waals surface area contributed by atoms with Crippen LogP contribution in [0.1, 0.15) is 49.6 Å². The Hall–Kier alpha value is -1.92. The molecule has 1 unspecified atom stereocenters. The Morgan fingerprint density at radius 2 is 1.94 bits per heavy atom. The zero-order valence-corrected chi connectivity index (χ0v) is 19.7. The first-order valence-corrected chi connectivity index (χ1v) is 12.9. The number of hydrogen-bond donors (Lipinski definition) is 0. The highest BCUT2D eigenvalue weighted by atomic mass is 32.1. The molecule has 1 aromatic carbocycles. The highest BCUT2D eigenvalue weighted by Crippen LogP contribution is 2.27. The number of aryl methyl sites for hydroxylation is 1. The maximum absolute atomic E-state index is 12.7. The van der Waals surface area contributed by atoms with Crippen molar-refractivity contribution in [3.8, 4) is 0 Å². The molecule has 0 spiro atoms. The number of benzene rings is 1. The first kappa shape index (κ1) is 22.3. The SMILES string of the molecule is CCCN(CCCCC(=O)N1CCN(c2ccccc2)CC1)C1CCc2ncsc2C1. The van der Waals surface area contributed by atoms with Crippen molar-refractivity contribution in [2.24, 2.45) is 0 Å². The molecule has 0 N–H and O–H groups in total. The lowest BCUT2D eigenvalue weighted by Crippen LogP contribution is -2.48. The average molecular weight is 441 g/mol. The highest BCUT2D eigenvalue weighted by molar-refractivity contribution is 7.09. The van der Waals surface area contributed by atoms with E-state index in [1.54, 1.807) is 0 Å². The zero-order chi connectivity index (χ0) is 21.5. The van der Waals surface area contributed by atoms with Crippen molar-refractivity contribution in [2.45, 2.75) is 57.9 Å². The summed E-state index contributed by atoms with van der Waals surface area (Å²) in [4.78, 5) is 25.8. The molecule has 1 atom stereocenters. The molecular formula is C25H36N4OS. The van der Waals surface area contributed by atoms with Crippen molar-refractivity contribution in [1.82, 2.24) is 14.8 Å². The molecule has 4 rings (SSSR count). The van der Waals surface area contributed by atoms with Crippen LogP contribution in [-0.2, 0) is 17.6 Å². The summed E-state index contributed by atoms with van der Waals surface area (Å²) >= 11 is 1.82. The Morgan fingerprint density at radius 1 is 1.13 bits per heavy atom. The summed E-state index contributed by atoms with van der Waals surface area (Å²) in [6, 6.07) is 11.2. The van der Waals surface area contributed by atoms with Crippen LogP contribution in [0.25, 0.3) is 0 Å². The van der Waals surface area contributed by atoms with Crippen molar-refractivity contribution in [2.75, 3.05) is 44.2 Å². The number of anilines is 1. The Labute approximate surface area is 191 Å². The normalized spacial score (nSPS) is 19.0. The van der Waals surface area contributed by atoms with Gasteiger partial charge in [0.2, 0.25) is 5.91 Å². The third kappa shape index (κ3) is 5.86. The van der Waals surface area contributed by atoms with Gasteiger partial charge in [0.15, 0.2) is 0 Å². The molecule has 1 amide bonds. The predicted molar refractivity (Wildman–Crippen MR) is 129 cm³/mol. The van der Waals surface area contributed by atoms with Crippen molar-refractivity contribution in [3.05, 3.63) is 46.4 Å². The predicted octanol–water partition coefficient (Wildman–Crippen LogP) is 4.23. The summed E-state index contributed by atoms with van der Waals surface area (Å²) in [7, 11) is 0. The van der Waals surface area contributed by atoms with Crippen LogP contribution in [0.4, 0.5) is 5.69 Å². The van der Waals surface area contributed by atoms with Gasteiger partial charge in [-0.1, -0.05) is 25.1 Å². The largest absolute Gasteiger partial charge is 0.368 e. The number of aromatic nitrogens is 1. The van der Waals surface area contributed by atoms with E-state index >= 15 is 0 Å². The maximum atomic E-state index is 12.7. The summed E-state index contributed by atoms with van der Waals surface area (Å²) in [5, 5.41) is 0. The molecule has 0 saturated carbocycles. The van der Waals surface area contributed by atoms with Gasteiger partial charge < -0.3 is 14.7 Å². The minimum atomic E-state index is 0.335. The first-order valence-electron chi connectivity index (χ1n) is 12.0. The first-order chi connectivity index (χ1) is 15.2. The molecule has 1 saturated heterocycles. The molecule has 1 aromatic heterocycles. The van der Waals surface area contributed by atoms with Gasteiger partial charge in [-0.25, -0.2) is 4.98 Å². The molecule has 1 fully saturated rings. The van der Waals surface area contributed by atoms with Gasteiger partial charge >= 0.3 is 0 Å². The number of carbonyl (C=O) groups excluding carboxylic acids is 1. The second kappa shape index (κ2) is 11.1. The second-order valence-corrected chi connectivity index (χ2v) is 9.75. The number of amides is 1. The van der Waals surface area contributed by atoms with Gasteiger partial charge in [0.1, 0.15) is 0 Å². The molecule has 31 heavy (non-hydrogen) atoms. The van der Waals surface area contributed by atoms with Gasteiger partial charge in [-0.3, -0.25) is 4.79 Å². The number of thiazole rings is 1. The Balaban J connectivity index is 1.17. The quantitative estimate of drug-likeness (QED) is 0.547. The molecule has 2 heterocycles. The lowest BCUT2D eigenvalue weighted by molar-refractivity contribution is -0.131. The smallest absolute Gasteiger partial charge is 0.222 e. The van der Waals surface area contributed by atoms with Crippen LogP contribution < -0.4 is 4.90 Å². The molecule has 6 heteroatoms. The fraction of sp³-hybridized carbons (Fsp3) is 0.600. The summed E-state index contributed by atoms with van der Waals surface area (Å²) in [6.45, 7) is 8.09. The number of nitrogens with zero attached hydrogens (tertiary/aromatic N) is 4. The average Bonchev–Trinajstić information content (AvgIpc) is 3.29. The molecule has 2 aromatic rings. The van der Waals surface area contributed by atoms with Crippen molar-refractivity contribution in [1.29, 1.82) is 0 Å². The van der Waals surface area contributed by atoms with E-state index in [1.807, 2.05) is 16.8 Å². The van der Waals surface area contributed by atoms with Gasteiger partial charge in [0.25, 0.3) is 0 Å². The van der Waals surface area contributed by atoms with Crippen LogP contribution in [0.3, 0.4) is 0 Å². The third-order valence-electron chi connectivity index (χ3n) is 6.73. The van der Waals surface area contributed by atoms with E-state index in [1.165, 1.54) is 29.1 Å². The molecule has 5 nitrogen and oxygen atoms in total. The van der Waals surface area contributed by atoms with E-state index < -0.39 is 0 Å². The van der Waals surface area contributed by atoms with Crippen molar-refractivity contribution in [3.63, 3.8) is 0 Å². The number of hydrogen-bond acceptors (Lipinski definition) is 5. The van der Waals surface area contributed by atoms with Gasteiger partial charge in [0, 0.05) is 49.2 Å². The van der Waals surface area contributed by atoms with E-state index in [-0.39, 0.29) is 0 Å². The molecular weight excluding hydrogens is 404 g/mol. The van der Waals surface area contributed by atoms with Gasteiger partial charge in [0.05, 0.1) is 11.2 Å². The van der Waals surface area contributed by atoms with Crippen LogP contribution in [0, 0.1) is 0 Å². The lowest BCUT2D eigenvalue weighted by Gasteiger charge is -2.36. The number of carbonyl (C=O) groups is 1. The van der Waals surface area contributed by atoms with E-state index in [9.17, 15) is 4.79 Å². The number of rotatable bonds is 9. The zero-order valence-electron chi connectivity index (χ0n) is 18.8. The lowest BCUT2D eigenvalue weighted by atomic mass is 9.95. The van der Waals surface area contributed by atoms with Crippen LogP contribution >= 0.6 is 11.3 Å². The topological polar surface area (TPSA) is 39.7 Å². The van der Waals surface area contributed by atoms with Crippen LogP contribution in [0.15, 0.2) is 35.8 Å². The summed E-state index contributed by atoms with van der Waals surface area (Å²) < 4.78 is 0. The molecule has 168 valence electrons. The van der Waals surface area contributed by atoms with Gasteiger partial charge in [-0.15, -0.1) is 11.3 Å². The van der Waals surface area contributed by atoms with E-state index in [2.05, 4.69) is 56.9 Å². The molecule has 0 radical (unpaired) electrons. The van der Waals surface area contributed by atoms with Crippen molar-refractivity contribution >= 4 is 22.9 Å². The number of piperazine rings is 1. The Kier molecular flexibility index (Phi) is 7.97. The van der Waals surface area contributed by atoms with Crippen molar-refractivity contribution < 1.29 is 4.79 Å². The minimum absolute atomic E-state index is 0.335. The maximum Gasteiger partial charge on any atom is 0.222 e. The molecule has 1 aliphatic heterocycles. The standard InChI is InChI=1S/C25H36N4OS/c1-2-13-27(22-11-12-23-24(19-22)31-20-26-23)14-7-6-10-25(30)29-17-15-28(16-18-29)21-8-4-3-5-9-21/h3-5,8-9,20,22H,2,6-7,10-19H2,1H3. The van der Waals surface area contributed by atoms with Crippen LogP contribution in [0.2, 0.25) is 0 Å². The van der Waals surface area contributed by atoms with E-state index in [0.29, 0.717) is 18.4 Å². The van der Waals surface area contributed by atoms with Crippen LogP contribution in [-0.4, -0.2) is 66.0 Å².